The molecule has 0 aliphatic carbocycles. The van der Waals surface area contributed by atoms with Gasteiger partial charge in [0.25, 0.3) is 0 Å². The average molecular weight is 239 g/mol. The van der Waals surface area contributed by atoms with Crippen LogP contribution in [-0.2, 0) is 17.6 Å². The number of nitrogens with zero attached hydrogens (tertiary/aromatic N) is 2. The standard InChI is InChI=1S/C12H21N3O2/c1-4-6-10-14-12(17-15-10)8-7-11(16)13-9(3)5-2/h9H,4-8H2,1-3H3,(H,13,16)/t9-/m0/s1. The monoisotopic (exact) mass is 239 g/mol. The van der Waals surface area contributed by atoms with Crippen molar-refractivity contribution >= 4 is 5.91 Å². The molecular weight excluding hydrogens is 218 g/mol. The van der Waals surface area contributed by atoms with Crippen LogP contribution in [0.15, 0.2) is 4.52 Å². The molecule has 0 unspecified atom stereocenters. The maximum Gasteiger partial charge on any atom is 0.227 e. The summed E-state index contributed by atoms with van der Waals surface area (Å²) < 4.78 is 5.06. The highest BCUT2D eigenvalue weighted by atomic mass is 16.5. The summed E-state index contributed by atoms with van der Waals surface area (Å²) in [6, 6.07) is 0.223. The molecule has 5 nitrogen and oxygen atoms in total. The predicted octanol–water partition coefficient (Wildman–Crippen LogP) is 1.87. The second-order valence-corrected chi connectivity index (χ2v) is 4.23. The summed E-state index contributed by atoms with van der Waals surface area (Å²) >= 11 is 0. The van der Waals surface area contributed by atoms with Crippen LogP contribution in [0.5, 0.6) is 0 Å². The Morgan fingerprint density at radius 2 is 2.18 bits per heavy atom. The molecule has 1 N–H and O–H groups in total. The van der Waals surface area contributed by atoms with Crippen molar-refractivity contribution < 1.29 is 9.32 Å². The van der Waals surface area contributed by atoms with Crippen LogP contribution in [0.3, 0.4) is 0 Å². The highest BCUT2D eigenvalue weighted by Crippen LogP contribution is 2.03. The van der Waals surface area contributed by atoms with E-state index < -0.39 is 0 Å². The lowest BCUT2D eigenvalue weighted by Crippen LogP contribution is -2.32. The molecule has 1 atom stereocenters. The highest BCUT2D eigenvalue weighted by molar-refractivity contribution is 5.76. The Kier molecular flexibility index (Phi) is 5.66. The minimum absolute atomic E-state index is 0.0367. The van der Waals surface area contributed by atoms with Gasteiger partial charge in [-0.25, -0.2) is 0 Å². The van der Waals surface area contributed by atoms with E-state index in [-0.39, 0.29) is 11.9 Å². The molecule has 1 rings (SSSR count). The van der Waals surface area contributed by atoms with E-state index >= 15 is 0 Å². The fraction of sp³-hybridized carbons (Fsp3) is 0.750. The summed E-state index contributed by atoms with van der Waals surface area (Å²) in [4.78, 5) is 15.7. The quantitative estimate of drug-likeness (QED) is 0.788. The minimum Gasteiger partial charge on any atom is -0.354 e. The van der Waals surface area contributed by atoms with E-state index in [0.29, 0.717) is 18.7 Å². The van der Waals surface area contributed by atoms with Crippen molar-refractivity contribution in [3.8, 4) is 0 Å². The third kappa shape index (κ3) is 4.97. The van der Waals surface area contributed by atoms with Gasteiger partial charge in [0.15, 0.2) is 5.82 Å². The molecule has 1 aromatic heterocycles. The van der Waals surface area contributed by atoms with Gasteiger partial charge in [-0.05, 0) is 19.8 Å². The Morgan fingerprint density at radius 1 is 1.41 bits per heavy atom. The first-order chi connectivity index (χ1) is 8.15. The topological polar surface area (TPSA) is 68.0 Å². The van der Waals surface area contributed by atoms with Crippen LogP contribution in [0, 0.1) is 0 Å². The number of nitrogens with one attached hydrogen (secondary N) is 1. The second kappa shape index (κ2) is 7.04. The summed E-state index contributed by atoms with van der Waals surface area (Å²) in [5.41, 5.74) is 0. The number of amides is 1. The van der Waals surface area contributed by atoms with Gasteiger partial charge in [0.2, 0.25) is 11.8 Å². The number of rotatable bonds is 7. The minimum atomic E-state index is 0.0367. The predicted molar refractivity (Wildman–Crippen MR) is 64.5 cm³/mol. The van der Waals surface area contributed by atoms with Crippen molar-refractivity contribution in [1.82, 2.24) is 15.5 Å². The lowest BCUT2D eigenvalue weighted by Gasteiger charge is -2.10. The van der Waals surface area contributed by atoms with Crippen molar-refractivity contribution in [2.24, 2.45) is 0 Å². The third-order valence-corrected chi connectivity index (χ3v) is 2.57. The van der Waals surface area contributed by atoms with Crippen molar-refractivity contribution in [2.45, 2.75) is 58.9 Å². The first-order valence-corrected chi connectivity index (χ1v) is 6.26. The Bertz CT molecular complexity index is 349. The highest BCUT2D eigenvalue weighted by Gasteiger charge is 2.09. The summed E-state index contributed by atoms with van der Waals surface area (Å²) in [6.45, 7) is 6.10. The SMILES string of the molecule is CCCc1noc(CCC(=O)N[C@@H](C)CC)n1. The van der Waals surface area contributed by atoms with Crippen LogP contribution in [0.4, 0.5) is 0 Å². The summed E-state index contributed by atoms with van der Waals surface area (Å²) in [6.07, 6.45) is 3.67. The van der Waals surface area contributed by atoms with Gasteiger partial charge < -0.3 is 9.84 Å². The van der Waals surface area contributed by atoms with Gasteiger partial charge in [-0.3, -0.25) is 4.79 Å². The van der Waals surface area contributed by atoms with Crippen LogP contribution in [0.1, 0.15) is 51.7 Å². The van der Waals surface area contributed by atoms with Gasteiger partial charge in [-0.1, -0.05) is 19.0 Å². The smallest absolute Gasteiger partial charge is 0.227 e. The molecule has 96 valence electrons. The molecule has 0 aliphatic heterocycles. The normalized spacial score (nSPS) is 12.4. The average Bonchev–Trinajstić information content (AvgIpc) is 2.74. The van der Waals surface area contributed by atoms with Crippen molar-refractivity contribution in [2.75, 3.05) is 0 Å². The number of carbonyl (C=O) groups is 1. The van der Waals surface area contributed by atoms with Crippen LogP contribution >= 0.6 is 0 Å². The molecule has 0 radical (unpaired) electrons. The third-order valence-electron chi connectivity index (χ3n) is 2.57. The fourth-order valence-electron chi connectivity index (χ4n) is 1.39. The molecule has 1 amide bonds. The molecule has 1 aromatic rings. The number of hydrogen-bond donors (Lipinski definition) is 1. The summed E-state index contributed by atoms with van der Waals surface area (Å²) in [7, 11) is 0. The lowest BCUT2D eigenvalue weighted by atomic mass is 10.2. The van der Waals surface area contributed by atoms with Crippen molar-refractivity contribution in [3.05, 3.63) is 11.7 Å². The number of aryl methyl sites for hydroxylation is 2. The number of carbonyl (C=O) groups excluding carboxylic acids is 1. The maximum atomic E-state index is 11.5. The van der Waals surface area contributed by atoms with E-state index in [9.17, 15) is 4.79 Å². The first kappa shape index (κ1) is 13.7. The van der Waals surface area contributed by atoms with Gasteiger partial charge in [-0.15, -0.1) is 0 Å². The molecule has 5 heteroatoms. The zero-order valence-corrected chi connectivity index (χ0v) is 10.8. The van der Waals surface area contributed by atoms with Gasteiger partial charge in [0, 0.05) is 25.3 Å². The molecule has 17 heavy (non-hydrogen) atoms. The van der Waals surface area contributed by atoms with Crippen molar-refractivity contribution in [3.63, 3.8) is 0 Å². The molecule has 0 aliphatic rings. The first-order valence-electron chi connectivity index (χ1n) is 6.26. The van der Waals surface area contributed by atoms with E-state index in [4.69, 9.17) is 4.52 Å². The molecule has 1 heterocycles. The Labute approximate surface area is 102 Å². The van der Waals surface area contributed by atoms with Crippen LogP contribution in [-0.4, -0.2) is 22.1 Å². The lowest BCUT2D eigenvalue weighted by molar-refractivity contribution is -0.121. The van der Waals surface area contributed by atoms with E-state index in [2.05, 4.69) is 22.4 Å². The molecule has 0 saturated heterocycles. The largest absolute Gasteiger partial charge is 0.354 e. The van der Waals surface area contributed by atoms with Crippen LogP contribution < -0.4 is 5.32 Å². The molecular formula is C12H21N3O2. The Morgan fingerprint density at radius 3 is 2.82 bits per heavy atom. The number of hydrogen-bond acceptors (Lipinski definition) is 4. The zero-order chi connectivity index (χ0) is 12.7. The maximum absolute atomic E-state index is 11.5. The fourth-order valence-corrected chi connectivity index (χ4v) is 1.39. The number of aromatic nitrogens is 2. The van der Waals surface area contributed by atoms with E-state index in [1.807, 2.05) is 13.8 Å². The van der Waals surface area contributed by atoms with Gasteiger partial charge in [0.05, 0.1) is 0 Å². The molecule has 0 bridgehead atoms. The summed E-state index contributed by atoms with van der Waals surface area (Å²) in [5.74, 6) is 1.31. The molecule has 0 aromatic carbocycles. The van der Waals surface area contributed by atoms with Gasteiger partial charge in [-0.2, -0.15) is 4.98 Å². The summed E-state index contributed by atoms with van der Waals surface area (Å²) in [5, 5.41) is 6.75. The zero-order valence-electron chi connectivity index (χ0n) is 10.8. The van der Waals surface area contributed by atoms with E-state index in [1.165, 1.54) is 0 Å². The van der Waals surface area contributed by atoms with E-state index in [1.54, 1.807) is 0 Å². The van der Waals surface area contributed by atoms with Gasteiger partial charge >= 0.3 is 0 Å². The Hall–Kier alpha value is -1.39. The van der Waals surface area contributed by atoms with Gasteiger partial charge in [0.1, 0.15) is 0 Å². The van der Waals surface area contributed by atoms with Crippen LogP contribution in [0.25, 0.3) is 0 Å². The molecule has 0 fully saturated rings. The molecule has 0 saturated carbocycles. The Balaban J connectivity index is 2.31. The van der Waals surface area contributed by atoms with E-state index in [0.717, 1.165) is 25.1 Å². The second-order valence-electron chi connectivity index (χ2n) is 4.23. The van der Waals surface area contributed by atoms with Crippen LogP contribution in [0.2, 0.25) is 0 Å². The molecule has 0 spiro atoms. The van der Waals surface area contributed by atoms with Crippen molar-refractivity contribution in [1.29, 1.82) is 0 Å².